The summed E-state index contributed by atoms with van der Waals surface area (Å²) >= 11 is 6.73. The summed E-state index contributed by atoms with van der Waals surface area (Å²) in [6.45, 7) is -0.0372. The summed E-state index contributed by atoms with van der Waals surface area (Å²) in [7, 11) is 1.52. The molecule has 33 heavy (non-hydrogen) atoms. The van der Waals surface area contributed by atoms with Crippen molar-refractivity contribution in [1.82, 2.24) is 15.5 Å². The molecule has 0 aliphatic rings. The van der Waals surface area contributed by atoms with Crippen LogP contribution in [0.5, 0.6) is 5.75 Å². The summed E-state index contributed by atoms with van der Waals surface area (Å²) in [5.74, 6) is -0.465. The normalized spacial score (nSPS) is 11.2. The zero-order chi connectivity index (χ0) is 24.0. The largest absolute Gasteiger partial charge is 0.497 e. The van der Waals surface area contributed by atoms with Crippen molar-refractivity contribution in [2.45, 2.75) is 17.9 Å². The van der Waals surface area contributed by atoms with Crippen LogP contribution in [0.3, 0.4) is 0 Å². The molecule has 2 aromatic carbocycles. The summed E-state index contributed by atoms with van der Waals surface area (Å²) < 4.78 is 48.9. The number of aromatic nitrogens is 2. The third kappa shape index (κ3) is 6.86. The summed E-state index contributed by atoms with van der Waals surface area (Å²) in [4.78, 5) is 24.2. The van der Waals surface area contributed by atoms with Crippen LogP contribution >= 0.6 is 23.4 Å². The van der Waals surface area contributed by atoms with Crippen molar-refractivity contribution in [3.8, 4) is 5.75 Å². The van der Waals surface area contributed by atoms with E-state index in [9.17, 15) is 22.8 Å². The topological polar surface area (TPSA) is 106 Å². The minimum Gasteiger partial charge on any atom is -0.497 e. The molecule has 0 unspecified atom stereocenters. The maximum atomic E-state index is 12.8. The Morgan fingerprint density at radius 1 is 1.15 bits per heavy atom. The second-order valence-electron chi connectivity index (χ2n) is 6.40. The molecule has 0 bridgehead atoms. The van der Waals surface area contributed by atoms with Crippen molar-refractivity contribution in [2.75, 3.05) is 18.2 Å². The first-order valence-electron chi connectivity index (χ1n) is 9.19. The van der Waals surface area contributed by atoms with E-state index in [1.54, 1.807) is 24.3 Å². The number of nitrogens with one attached hydrogen (secondary N) is 2. The van der Waals surface area contributed by atoms with Gasteiger partial charge < -0.3 is 19.8 Å². The van der Waals surface area contributed by atoms with Crippen molar-refractivity contribution in [1.29, 1.82) is 0 Å². The van der Waals surface area contributed by atoms with Crippen LogP contribution in [-0.2, 0) is 17.5 Å². The molecule has 1 aromatic heterocycles. The summed E-state index contributed by atoms with van der Waals surface area (Å²) in [6, 6.07) is 9.11. The van der Waals surface area contributed by atoms with E-state index in [4.69, 9.17) is 20.8 Å². The lowest BCUT2D eigenvalue weighted by Crippen LogP contribution is -2.22. The maximum absolute atomic E-state index is 12.8. The number of methoxy groups -OCH3 is 1. The number of amides is 2. The van der Waals surface area contributed by atoms with Gasteiger partial charge in [-0.15, -0.1) is 10.2 Å². The Hall–Kier alpha value is -3.25. The molecule has 0 spiro atoms. The van der Waals surface area contributed by atoms with Gasteiger partial charge in [-0.3, -0.25) is 9.59 Å². The number of ether oxygens (including phenoxy) is 1. The Morgan fingerprint density at radius 2 is 1.88 bits per heavy atom. The molecule has 3 aromatic rings. The van der Waals surface area contributed by atoms with E-state index in [2.05, 4.69) is 20.8 Å². The van der Waals surface area contributed by atoms with Crippen LogP contribution in [-0.4, -0.2) is 34.9 Å². The van der Waals surface area contributed by atoms with Gasteiger partial charge in [0.1, 0.15) is 5.75 Å². The Morgan fingerprint density at radius 3 is 2.55 bits per heavy atom. The lowest BCUT2D eigenvalue weighted by Gasteiger charge is -2.11. The van der Waals surface area contributed by atoms with Crippen molar-refractivity contribution in [2.24, 2.45) is 0 Å². The molecule has 0 aliphatic heterocycles. The monoisotopic (exact) mass is 500 g/mol. The number of nitrogens with zero attached hydrogens (tertiary/aromatic N) is 2. The third-order valence-corrected chi connectivity index (χ3v) is 5.24. The van der Waals surface area contributed by atoms with E-state index >= 15 is 0 Å². The molecule has 2 N–H and O–H groups in total. The van der Waals surface area contributed by atoms with Gasteiger partial charge in [-0.1, -0.05) is 23.4 Å². The zero-order valence-electron chi connectivity index (χ0n) is 16.9. The van der Waals surface area contributed by atoms with Gasteiger partial charge in [0.05, 0.1) is 35.7 Å². The number of alkyl halides is 3. The predicted molar refractivity (Wildman–Crippen MR) is 114 cm³/mol. The smallest absolute Gasteiger partial charge is 0.416 e. The Kier molecular flexibility index (Phi) is 7.82. The Balaban J connectivity index is 1.49. The van der Waals surface area contributed by atoms with Crippen molar-refractivity contribution >= 4 is 40.9 Å². The minimum atomic E-state index is -4.57. The highest BCUT2D eigenvalue weighted by Crippen LogP contribution is 2.34. The van der Waals surface area contributed by atoms with Gasteiger partial charge in [0, 0.05) is 5.56 Å². The first-order valence-corrected chi connectivity index (χ1v) is 10.6. The number of anilines is 1. The van der Waals surface area contributed by atoms with Gasteiger partial charge in [0.15, 0.2) is 0 Å². The molecule has 0 fully saturated rings. The molecule has 0 atom stereocenters. The third-order valence-electron chi connectivity index (χ3n) is 4.10. The molecular formula is C20H16ClF3N4O4S. The first-order chi connectivity index (χ1) is 15.7. The predicted octanol–water partition coefficient (Wildman–Crippen LogP) is 4.41. The van der Waals surface area contributed by atoms with Crippen LogP contribution in [0, 0.1) is 0 Å². The Bertz CT molecular complexity index is 1140. The van der Waals surface area contributed by atoms with Crippen molar-refractivity contribution in [3.63, 3.8) is 0 Å². The van der Waals surface area contributed by atoms with Gasteiger partial charge in [-0.25, -0.2) is 0 Å². The number of halogens is 4. The van der Waals surface area contributed by atoms with E-state index in [1.807, 2.05) is 0 Å². The van der Waals surface area contributed by atoms with Crippen molar-refractivity contribution < 1.29 is 31.9 Å². The van der Waals surface area contributed by atoms with Gasteiger partial charge in [-0.05, 0) is 42.5 Å². The number of rotatable bonds is 8. The SMILES string of the molecule is COc1ccc(C(=O)NCc2nnc(SCC(=O)Nc3cc(C(F)(F)F)ccc3Cl)o2)cc1. The highest BCUT2D eigenvalue weighted by Gasteiger charge is 2.31. The minimum absolute atomic E-state index is 0.0333. The molecule has 13 heteroatoms. The number of hydrogen-bond donors (Lipinski definition) is 2. The number of thioether (sulfide) groups is 1. The molecule has 0 saturated heterocycles. The van der Waals surface area contributed by atoms with E-state index < -0.39 is 17.6 Å². The summed E-state index contributed by atoms with van der Waals surface area (Å²) in [5.41, 5.74) is -0.688. The number of carbonyl (C=O) groups is 2. The number of carbonyl (C=O) groups excluding carboxylic acids is 2. The number of hydrogen-bond acceptors (Lipinski definition) is 7. The quantitative estimate of drug-likeness (QED) is 0.441. The maximum Gasteiger partial charge on any atom is 0.416 e. The van der Waals surface area contributed by atoms with E-state index in [0.29, 0.717) is 11.3 Å². The molecule has 8 nitrogen and oxygen atoms in total. The second kappa shape index (κ2) is 10.6. The lowest BCUT2D eigenvalue weighted by molar-refractivity contribution is -0.137. The Labute approximate surface area is 194 Å². The van der Waals surface area contributed by atoms with Crippen LogP contribution < -0.4 is 15.4 Å². The van der Waals surface area contributed by atoms with Crippen LogP contribution in [0.4, 0.5) is 18.9 Å². The average molecular weight is 501 g/mol. The standard InChI is InChI=1S/C20H16ClF3N4O4S/c1-31-13-5-2-11(3-6-13)18(30)25-9-17-27-28-19(32-17)33-10-16(29)26-15-8-12(20(22,23)24)4-7-14(15)21/h2-8H,9-10H2,1H3,(H,25,30)(H,26,29). The molecular weight excluding hydrogens is 485 g/mol. The molecule has 174 valence electrons. The zero-order valence-corrected chi connectivity index (χ0v) is 18.5. The molecule has 0 radical (unpaired) electrons. The lowest BCUT2D eigenvalue weighted by atomic mass is 10.2. The fourth-order valence-corrected chi connectivity index (χ4v) is 3.22. The van der Waals surface area contributed by atoms with E-state index in [-0.39, 0.29) is 40.0 Å². The van der Waals surface area contributed by atoms with Crippen LogP contribution in [0.15, 0.2) is 52.1 Å². The average Bonchev–Trinajstić information content (AvgIpc) is 3.25. The molecule has 2 amide bonds. The van der Waals surface area contributed by atoms with Crippen LogP contribution in [0.1, 0.15) is 21.8 Å². The van der Waals surface area contributed by atoms with Crippen LogP contribution in [0.2, 0.25) is 5.02 Å². The van der Waals surface area contributed by atoms with Gasteiger partial charge in [-0.2, -0.15) is 13.2 Å². The molecule has 3 rings (SSSR count). The first kappa shape index (κ1) is 24.4. The molecule has 1 heterocycles. The highest BCUT2D eigenvalue weighted by atomic mass is 35.5. The summed E-state index contributed by atoms with van der Waals surface area (Å²) in [5, 5.41) is 12.5. The van der Waals surface area contributed by atoms with Gasteiger partial charge in [0.25, 0.3) is 11.1 Å². The van der Waals surface area contributed by atoms with Crippen LogP contribution in [0.25, 0.3) is 0 Å². The van der Waals surface area contributed by atoms with E-state index in [0.717, 1.165) is 30.0 Å². The van der Waals surface area contributed by atoms with Gasteiger partial charge >= 0.3 is 6.18 Å². The second-order valence-corrected chi connectivity index (χ2v) is 7.74. The number of benzene rings is 2. The van der Waals surface area contributed by atoms with Gasteiger partial charge in [0.2, 0.25) is 11.8 Å². The molecule has 0 aliphatic carbocycles. The molecule has 0 saturated carbocycles. The van der Waals surface area contributed by atoms with Crippen molar-refractivity contribution in [3.05, 3.63) is 64.5 Å². The fourth-order valence-electron chi connectivity index (χ4n) is 2.48. The fraction of sp³-hybridized carbons (Fsp3) is 0.200. The summed E-state index contributed by atoms with van der Waals surface area (Å²) in [6.07, 6.45) is -4.57. The van der Waals surface area contributed by atoms with E-state index in [1.165, 1.54) is 7.11 Å². The highest BCUT2D eigenvalue weighted by molar-refractivity contribution is 7.99.